The molecule has 1 atom stereocenters. The van der Waals surface area contributed by atoms with Gasteiger partial charge in [0.05, 0.1) is 11.6 Å². The van der Waals surface area contributed by atoms with Crippen molar-refractivity contribution in [2.24, 2.45) is 0 Å². The maximum absolute atomic E-state index is 6.16. The number of rotatable bonds is 4. The largest absolute Gasteiger partial charge is 0.351 e. The van der Waals surface area contributed by atoms with Gasteiger partial charge in [0.2, 0.25) is 5.82 Å². The van der Waals surface area contributed by atoms with Gasteiger partial charge in [-0.1, -0.05) is 64.8 Å². The normalized spacial score (nSPS) is 16.1. The zero-order valence-corrected chi connectivity index (χ0v) is 20.6. The van der Waals surface area contributed by atoms with Crippen LogP contribution >= 0.6 is 23.8 Å². The lowest BCUT2D eigenvalue weighted by Gasteiger charge is -2.37. The fraction of sp³-hybridized carbons (Fsp3) is 0.148. The Morgan fingerprint density at radius 1 is 0.941 bits per heavy atom. The van der Waals surface area contributed by atoms with Gasteiger partial charge in [0.15, 0.2) is 5.11 Å². The number of benzene rings is 3. The second kappa shape index (κ2) is 9.05. The Labute approximate surface area is 209 Å². The van der Waals surface area contributed by atoms with Crippen molar-refractivity contribution < 1.29 is 4.52 Å². The van der Waals surface area contributed by atoms with Crippen LogP contribution in [0.3, 0.4) is 0 Å². The molecule has 0 radical (unpaired) electrons. The third-order valence-electron chi connectivity index (χ3n) is 5.88. The van der Waals surface area contributed by atoms with Gasteiger partial charge >= 0.3 is 0 Å². The fourth-order valence-corrected chi connectivity index (χ4v) is 4.72. The Morgan fingerprint density at radius 3 is 2.35 bits per heavy atom. The van der Waals surface area contributed by atoms with Crippen molar-refractivity contribution in [3.8, 4) is 11.4 Å². The quantitative estimate of drug-likeness (QED) is 0.317. The first-order chi connectivity index (χ1) is 16.4. The third-order valence-corrected chi connectivity index (χ3v) is 6.43. The number of allylic oxidation sites excluding steroid dienone is 1. The van der Waals surface area contributed by atoms with Crippen LogP contribution in [-0.4, -0.2) is 15.3 Å². The van der Waals surface area contributed by atoms with Crippen molar-refractivity contribution in [3.05, 3.63) is 106 Å². The van der Waals surface area contributed by atoms with Gasteiger partial charge in [-0.3, -0.25) is 4.90 Å². The number of hydrogen-bond acceptors (Lipinski definition) is 4. The minimum Gasteiger partial charge on any atom is -0.351 e. The molecule has 1 aliphatic rings. The van der Waals surface area contributed by atoms with E-state index in [2.05, 4.69) is 29.5 Å². The summed E-state index contributed by atoms with van der Waals surface area (Å²) in [6.45, 7) is 6.14. The van der Waals surface area contributed by atoms with E-state index in [4.69, 9.17) is 33.3 Å². The Kier molecular flexibility index (Phi) is 5.94. The summed E-state index contributed by atoms with van der Waals surface area (Å²) in [7, 11) is 0. The summed E-state index contributed by atoms with van der Waals surface area (Å²) < 4.78 is 5.83. The minimum absolute atomic E-state index is 0.267. The summed E-state index contributed by atoms with van der Waals surface area (Å²) in [6.07, 6.45) is 0. The first kappa shape index (κ1) is 22.3. The molecule has 0 saturated heterocycles. The maximum Gasteiger partial charge on any atom is 0.258 e. The lowest BCUT2D eigenvalue weighted by Crippen LogP contribution is -2.46. The van der Waals surface area contributed by atoms with E-state index in [1.165, 1.54) is 0 Å². The smallest absolute Gasteiger partial charge is 0.258 e. The summed E-state index contributed by atoms with van der Waals surface area (Å²) in [6, 6.07) is 23.7. The Bertz CT molecular complexity index is 1410. The van der Waals surface area contributed by atoms with Crippen LogP contribution in [0.5, 0.6) is 0 Å². The SMILES string of the molecule is CC1=C(c2nc(-c3cccc(C)c3)no2)C(c2ccc(Cl)cc2)NC(=S)N1c1cccc(C)c1. The number of halogens is 1. The van der Waals surface area contributed by atoms with Gasteiger partial charge in [-0.2, -0.15) is 4.98 Å². The summed E-state index contributed by atoms with van der Waals surface area (Å²) in [4.78, 5) is 6.80. The van der Waals surface area contributed by atoms with Gasteiger partial charge in [0.1, 0.15) is 0 Å². The molecule has 34 heavy (non-hydrogen) atoms. The standard InChI is InChI=1S/C27H23ClN4OS/c1-16-6-4-8-20(14-16)25-30-26(33-31-25)23-18(3)32(22-9-5-7-17(2)15-22)27(34)29-24(23)19-10-12-21(28)13-11-19/h4-15,24H,1-3H3,(H,29,34). The third kappa shape index (κ3) is 4.22. The molecular weight excluding hydrogens is 464 g/mol. The van der Waals surface area contributed by atoms with Gasteiger partial charge in [-0.15, -0.1) is 0 Å². The first-order valence-electron chi connectivity index (χ1n) is 11.0. The monoisotopic (exact) mass is 486 g/mol. The highest BCUT2D eigenvalue weighted by molar-refractivity contribution is 7.80. The van der Waals surface area contributed by atoms with Crippen molar-refractivity contribution >= 4 is 40.2 Å². The van der Waals surface area contributed by atoms with Crippen LogP contribution in [0.1, 0.15) is 35.5 Å². The minimum atomic E-state index is -0.267. The van der Waals surface area contributed by atoms with Crippen molar-refractivity contribution in [3.63, 3.8) is 0 Å². The lowest BCUT2D eigenvalue weighted by atomic mass is 9.94. The number of thiocarbonyl (C=S) groups is 1. The van der Waals surface area contributed by atoms with Gasteiger partial charge in [-0.25, -0.2) is 0 Å². The van der Waals surface area contributed by atoms with E-state index in [-0.39, 0.29) is 6.04 Å². The Morgan fingerprint density at radius 2 is 1.65 bits per heavy atom. The second-order valence-electron chi connectivity index (χ2n) is 8.40. The molecule has 0 fully saturated rings. The van der Waals surface area contributed by atoms with Crippen molar-refractivity contribution in [1.29, 1.82) is 0 Å². The molecule has 0 spiro atoms. The Hall–Kier alpha value is -3.48. The van der Waals surface area contributed by atoms with Crippen LogP contribution in [0.4, 0.5) is 5.69 Å². The van der Waals surface area contributed by atoms with Gasteiger partial charge in [-0.05, 0) is 74.4 Å². The van der Waals surface area contributed by atoms with Crippen molar-refractivity contribution in [2.75, 3.05) is 4.90 Å². The average Bonchev–Trinajstić information content (AvgIpc) is 3.29. The van der Waals surface area contributed by atoms with Crippen molar-refractivity contribution in [2.45, 2.75) is 26.8 Å². The highest BCUT2D eigenvalue weighted by Crippen LogP contribution is 2.39. The number of aryl methyl sites for hydroxylation is 2. The molecule has 0 amide bonds. The maximum atomic E-state index is 6.16. The molecule has 3 aromatic carbocycles. The summed E-state index contributed by atoms with van der Waals surface area (Å²) >= 11 is 12.0. The van der Waals surface area contributed by atoms with Gasteiger partial charge in [0, 0.05) is 22.0 Å². The highest BCUT2D eigenvalue weighted by atomic mass is 35.5. The van der Waals surface area contributed by atoms with Crippen LogP contribution in [0.25, 0.3) is 17.0 Å². The number of anilines is 1. The van der Waals surface area contributed by atoms with E-state index in [0.29, 0.717) is 21.9 Å². The van der Waals surface area contributed by atoms with E-state index < -0.39 is 0 Å². The lowest BCUT2D eigenvalue weighted by molar-refractivity contribution is 0.404. The number of hydrogen-bond donors (Lipinski definition) is 1. The number of nitrogens with one attached hydrogen (secondary N) is 1. The number of nitrogens with zero attached hydrogens (tertiary/aromatic N) is 3. The zero-order valence-electron chi connectivity index (χ0n) is 19.0. The molecule has 0 aliphatic carbocycles. The van der Waals surface area contributed by atoms with Crippen molar-refractivity contribution in [1.82, 2.24) is 15.5 Å². The van der Waals surface area contributed by atoms with Crippen LogP contribution in [0.2, 0.25) is 5.02 Å². The predicted octanol–water partition coefficient (Wildman–Crippen LogP) is 6.87. The summed E-state index contributed by atoms with van der Waals surface area (Å²) in [5.74, 6) is 0.991. The predicted molar refractivity (Wildman–Crippen MR) is 141 cm³/mol. The summed E-state index contributed by atoms with van der Waals surface area (Å²) in [5.41, 5.74) is 6.95. The van der Waals surface area contributed by atoms with Crippen LogP contribution in [0.15, 0.2) is 83.0 Å². The van der Waals surface area contributed by atoms with E-state index in [0.717, 1.165) is 39.2 Å². The van der Waals surface area contributed by atoms with E-state index in [1.807, 2.05) is 79.4 Å². The van der Waals surface area contributed by atoms with Gasteiger partial charge in [0.25, 0.3) is 5.89 Å². The second-order valence-corrected chi connectivity index (χ2v) is 9.22. The molecular formula is C27H23ClN4OS. The fourth-order valence-electron chi connectivity index (χ4n) is 4.24. The van der Waals surface area contributed by atoms with E-state index in [1.54, 1.807) is 0 Å². The topological polar surface area (TPSA) is 54.2 Å². The molecule has 1 aliphatic heterocycles. The Balaban J connectivity index is 1.66. The molecule has 1 N–H and O–H groups in total. The molecule has 4 aromatic rings. The van der Waals surface area contributed by atoms with Crippen LogP contribution in [0, 0.1) is 13.8 Å². The average molecular weight is 487 g/mol. The molecule has 1 unspecified atom stereocenters. The molecule has 5 rings (SSSR count). The first-order valence-corrected chi connectivity index (χ1v) is 11.7. The molecule has 0 saturated carbocycles. The van der Waals surface area contributed by atoms with Crippen LogP contribution < -0.4 is 10.2 Å². The molecule has 2 heterocycles. The van der Waals surface area contributed by atoms with Gasteiger partial charge < -0.3 is 9.84 Å². The zero-order chi connectivity index (χ0) is 23.8. The molecule has 7 heteroatoms. The van der Waals surface area contributed by atoms with E-state index >= 15 is 0 Å². The molecule has 0 bridgehead atoms. The molecule has 170 valence electrons. The van der Waals surface area contributed by atoms with E-state index in [9.17, 15) is 0 Å². The molecule has 5 nitrogen and oxygen atoms in total. The molecule has 1 aromatic heterocycles. The van der Waals surface area contributed by atoms with Crippen LogP contribution in [-0.2, 0) is 0 Å². The highest BCUT2D eigenvalue weighted by Gasteiger charge is 2.34. The summed E-state index contributed by atoms with van der Waals surface area (Å²) in [5, 5.41) is 9.05. The number of aromatic nitrogens is 2.